The molecule has 0 saturated heterocycles. The summed E-state index contributed by atoms with van der Waals surface area (Å²) < 4.78 is 8.89. The highest BCUT2D eigenvalue weighted by atomic mass is 79.9. The van der Waals surface area contributed by atoms with Gasteiger partial charge in [-0.15, -0.1) is 0 Å². The molecular formula is C13H12Br2N2O3. The van der Waals surface area contributed by atoms with Gasteiger partial charge in [-0.3, -0.25) is 4.68 Å². The van der Waals surface area contributed by atoms with Crippen molar-refractivity contribution >= 4 is 37.8 Å². The maximum atomic E-state index is 11.2. The Morgan fingerprint density at radius 1 is 1.45 bits per heavy atom. The fourth-order valence-corrected chi connectivity index (χ4v) is 2.59. The van der Waals surface area contributed by atoms with E-state index in [1.165, 1.54) is 6.07 Å². The molecule has 0 radical (unpaired) electrons. The second-order valence-electron chi connectivity index (χ2n) is 4.20. The molecule has 0 fully saturated rings. The molecule has 1 N–H and O–H groups in total. The van der Waals surface area contributed by atoms with E-state index in [1.807, 2.05) is 14.0 Å². The van der Waals surface area contributed by atoms with Crippen molar-refractivity contribution in [2.24, 2.45) is 7.05 Å². The lowest BCUT2D eigenvalue weighted by Gasteiger charge is -2.10. The maximum absolute atomic E-state index is 11.2. The molecule has 20 heavy (non-hydrogen) atoms. The van der Waals surface area contributed by atoms with Gasteiger partial charge in [0.05, 0.1) is 15.9 Å². The minimum Gasteiger partial charge on any atom is -0.486 e. The van der Waals surface area contributed by atoms with Crippen LogP contribution in [-0.2, 0) is 13.7 Å². The second kappa shape index (κ2) is 5.97. The third-order valence-electron chi connectivity index (χ3n) is 2.80. The number of hydrogen-bond acceptors (Lipinski definition) is 3. The first-order chi connectivity index (χ1) is 9.40. The summed E-state index contributed by atoms with van der Waals surface area (Å²) >= 11 is 6.69. The van der Waals surface area contributed by atoms with Crippen molar-refractivity contribution in [3.63, 3.8) is 0 Å². The van der Waals surface area contributed by atoms with E-state index >= 15 is 0 Å². The van der Waals surface area contributed by atoms with Gasteiger partial charge in [-0.1, -0.05) is 15.9 Å². The van der Waals surface area contributed by atoms with Crippen molar-refractivity contribution in [2.45, 2.75) is 13.5 Å². The molecule has 0 saturated carbocycles. The quantitative estimate of drug-likeness (QED) is 0.847. The molecule has 7 heteroatoms. The van der Waals surface area contributed by atoms with E-state index in [-0.39, 0.29) is 12.2 Å². The number of carboxylic acids is 1. The highest BCUT2D eigenvalue weighted by Gasteiger charge is 2.15. The number of aromatic carboxylic acids is 1. The summed E-state index contributed by atoms with van der Waals surface area (Å²) in [6.07, 6.45) is 0. The molecule has 0 spiro atoms. The summed E-state index contributed by atoms with van der Waals surface area (Å²) in [5.41, 5.74) is 1.83. The van der Waals surface area contributed by atoms with E-state index in [0.717, 1.165) is 15.9 Å². The number of hydrogen-bond donors (Lipinski definition) is 1. The molecule has 0 aliphatic carbocycles. The van der Waals surface area contributed by atoms with Crippen LogP contribution >= 0.6 is 31.9 Å². The summed E-state index contributed by atoms with van der Waals surface area (Å²) in [5.74, 6) is -0.701. The normalized spacial score (nSPS) is 10.6. The monoisotopic (exact) mass is 402 g/mol. The first-order valence-electron chi connectivity index (χ1n) is 5.73. The summed E-state index contributed by atoms with van der Waals surface area (Å²) in [4.78, 5) is 11.2. The molecule has 0 bridgehead atoms. The Bertz CT molecular complexity index is 668. The zero-order valence-corrected chi connectivity index (χ0v) is 14.0. The largest absolute Gasteiger partial charge is 0.486 e. The van der Waals surface area contributed by atoms with Gasteiger partial charge in [-0.2, -0.15) is 5.10 Å². The van der Waals surface area contributed by atoms with Crippen LogP contribution in [0.3, 0.4) is 0 Å². The Balaban J connectivity index is 2.25. The Kier molecular flexibility index (Phi) is 4.49. The Hall–Kier alpha value is -1.34. The number of nitrogens with zero attached hydrogens (tertiary/aromatic N) is 2. The van der Waals surface area contributed by atoms with E-state index in [1.54, 1.807) is 16.8 Å². The van der Waals surface area contributed by atoms with Gasteiger partial charge in [0.2, 0.25) is 0 Å². The fraction of sp³-hybridized carbons (Fsp3) is 0.231. The number of aryl methyl sites for hydroxylation is 2. The second-order valence-corrected chi connectivity index (χ2v) is 5.91. The highest BCUT2D eigenvalue weighted by Crippen LogP contribution is 2.26. The summed E-state index contributed by atoms with van der Waals surface area (Å²) in [5, 5.41) is 13.4. The predicted molar refractivity (Wildman–Crippen MR) is 81.1 cm³/mol. The van der Waals surface area contributed by atoms with Crippen LogP contribution in [0.5, 0.6) is 5.75 Å². The molecule has 1 aromatic heterocycles. The van der Waals surface area contributed by atoms with Crippen molar-refractivity contribution in [1.29, 1.82) is 0 Å². The molecule has 0 aliphatic rings. The van der Waals surface area contributed by atoms with Crippen molar-refractivity contribution in [3.8, 4) is 5.75 Å². The van der Waals surface area contributed by atoms with E-state index in [9.17, 15) is 9.90 Å². The van der Waals surface area contributed by atoms with Crippen LogP contribution in [0, 0.1) is 6.92 Å². The third kappa shape index (κ3) is 3.04. The van der Waals surface area contributed by atoms with E-state index in [2.05, 4.69) is 37.0 Å². The molecule has 1 heterocycles. The van der Waals surface area contributed by atoms with Gasteiger partial charge in [-0.25, -0.2) is 4.79 Å². The van der Waals surface area contributed by atoms with Gasteiger partial charge in [-0.05, 0) is 41.1 Å². The molecule has 2 rings (SSSR count). The van der Waals surface area contributed by atoms with E-state index in [4.69, 9.17) is 4.74 Å². The van der Waals surface area contributed by atoms with Gasteiger partial charge in [0.25, 0.3) is 0 Å². The van der Waals surface area contributed by atoms with Gasteiger partial charge >= 0.3 is 5.97 Å². The highest BCUT2D eigenvalue weighted by molar-refractivity contribution is 9.10. The zero-order valence-electron chi connectivity index (χ0n) is 10.9. The minimum absolute atomic E-state index is 0.120. The molecular weight excluding hydrogens is 392 g/mol. The molecule has 2 aromatic rings. The van der Waals surface area contributed by atoms with Gasteiger partial charge < -0.3 is 9.84 Å². The molecule has 106 valence electrons. The molecule has 1 aromatic carbocycles. The summed E-state index contributed by atoms with van der Waals surface area (Å²) in [6.45, 7) is 2.12. The van der Waals surface area contributed by atoms with Crippen molar-refractivity contribution in [2.75, 3.05) is 0 Å². The molecule has 0 unspecified atom stereocenters. The van der Waals surface area contributed by atoms with E-state index in [0.29, 0.717) is 10.2 Å². The SMILES string of the molecule is Cc1nn(C)c(COc2ccc(Br)cc2C(=O)O)c1Br. The van der Waals surface area contributed by atoms with Crippen molar-refractivity contribution < 1.29 is 14.6 Å². The average Bonchev–Trinajstić information content (AvgIpc) is 2.62. The van der Waals surface area contributed by atoms with Crippen LogP contribution in [0.25, 0.3) is 0 Å². The van der Waals surface area contributed by atoms with Crippen molar-refractivity contribution in [1.82, 2.24) is 9.78 Å². The predicted octanol–water partition coefficient (Wildman–Crippen LogP) is 3.53. The lowest BCUT2D eigenvalue weighted by atomic mass is 10.2. The molecule has 0 atom stereocenters. The Morgan fingerprint density at radius 3 is 2.70 bits per heavy atom. The Labute approximate surface area is 132 Å². The lowest BCUT2D eigenvalue weighted by Crippen LogP contribution is -2.07. The topological polar surface area (TPSA) is 64.4 Å². The van der Waals surface area contributed by atoms with Crippen LogP contribution in [0.2, 0.25) is 0 Å². The van der Waals surface area contributed by atoms with Crippen LogP contribution in [0.4, 0.5) is 0 Å². The third-order valence-corrected chi connectivity index (χ3v) is 4.32. The number of halogens is 2. The number of ether oxygens (including phenoxy) is 1. The van der Waals surface area contributed by atoms with Crippen LogP contribution in [0.15, 0.2) is 27.1 Å². The van der Waals surface area contributed by atoms with Gasteiger partial charge in [0.1, 0.15) is 17.9 Å². The van der Waals surface area contributed by atoms with Gasteiger partial charge in [0, 0.05) is 11.5 Å². The average molecular weight is 404 g/mol. The minimum atomic E-state index is -1.03. The number of benzene rings is 1. The number of aromatic nitrogens is 2. The van der Waals surface area contributed by atoms with Gasteiger partial charge in [0.15, 0.2) is 0 Å². The molecule has 0 aliphatic heterocycles. The molecule has 5 nitrogen and oxygen atoms in total. The van der Waals surface area contributed by atoms with Crippen LogP contribution < -0.4 is 4.74 Å². The first kappa shape index (κ1) is 15.1. The van der Waals surface area contributed by atoms with Crippen molar-refractivity contribution in [3.05, 3.63) is 44.1 Å². The first-order valence-corrected chi connectivity index (χ1v) is 7.32. The Morgan fingerprint density at radius 2 is 2.15 bits per heavy atom. The number of rotatable bonds is 4. The zero-order chi connectivity index (χ0) is 14.9. The number of carbonyl (C=O) groups is 1. The van der Waals surface area contributed by atoms with E-state index < -0.39 is 5.97 Å². The summed E-state index contributed by atoms with van der Waals surface area (Å²) in [7, 11) is 1.82. The lowest BCUT2D eigenvalue weighted by molar-refractivity contribution is 0.0691. The number of carboxylic acid groups (broad SMARTS) is 1. The van der Waals surface area contributed by atoms with Crippen LogP contribution in [0.1, 0.15) is 21.7 Å². The summed E-state index contributed by atoms with van der Waals surface area (Å²) in [6, 6.07) is 4.89. The standard InChI is InChI=1S/C13H12Br2N2O3/c1-7-12(15)10(17(2)16-7)6-20-11-4-3-8(14)5-9(11)13(18)19/h3-5H,6H2,1-2H3,(H,18,19). The smallest absolute Gasteiger partial charge is 0.339 e. The fourth-order valence-electron chi connectivity index (χ4n) is 1.78. The molecule has 0 amide bonds. The van der Waals surface area contributed by atoms with Crippen LogP contribution in [-0.4, -0.2) is 20.9 Å². The maximum Gasteiger partial charge on any atom is 0.339 e.